The molecule has 0 spiro atoms. The number of benzene rings is 2. The molecule has 0 atom stereocenters. The lowest BCUT2D eigenvalue weighted by atomic mass is 10.2. The number of ether oxygens (including phenoxy) is 1. The number of hydrogen-bond acceptors (Lipinski definition) is 5. The predicted molar refractivity (Wildman–Crippen MR) is 94.3 cm³/mol. The van der Waals surface area contributed by atoms with E-state index in [-0.39, 0.29) is 36.0 Å². The van der Waals surface area contributed by atoms with Gasteiger partial charge in [-0.25, -0.2) is 4.39 Å². The van der Waals surface area contributed by atoms with Gasteiger partial charge < -0.3 is 14.6 Å². The lowest BCUT2D eigenvalue weighted by Crippen LogP contribution is -2.12. The molecule has 0 aliphatic carbocycles. The first-order valence-corrected chi connectivity index (χ1v) is 8.26. The van der Waals surface area contributed by atoms with Crippen LogP contribution in [-0.4, -0.2) is 22.7 Å². The van der Waals surface area contributed by atoms with Gasteiger partial charge in [0, 0.05) is 18.5 Å². The van der Waals surface area contributed by atoms with Gasteiger partial charge in [-0.05, 0) is 43.3 Å². The highest BCUT2D eigenvalue weighted by molar-refractivity contribution is 5.90. The topological polar surface area (TPSA) is 77.2 Å². The van der Waals surface area contributed by atoms with E-state index in [4.69, 9.17) is 9.26 Å². The fraction of sp³-hybridized carbons (Fsp3) is 0.211. The van der Waals surface area contributed by atoms with Gasteiger partial charge in [-0.15, -0.1) is 0 Å². The summed E-state index contributed by atoms with van der Waals surface area (Å²) in [5, 5.41) is 6.55. The largest absolute Gasteiger partial charge is 0.494 e. The highest BCUT2D eigenvalue weighted by atomic mass is 19.1. The molecule has 26 heavy (non-hydrogen) atoms. The number of aromatic nitrogens is 2. The molecule has 134 valence electrons. The maximum absolute atomic E-state index is 13.7. The SMILES string of the molecule is CCOc1ccc(NC(=O)CCc2nc(-c3ccccc3F)no2)cc1. The van der Waals surface area contributed by atoms with Crippen LogP contribution >= 0.6 is 0 Å². The van der Waals surface area contributed by atoms with Crippen LogP contribution in [0.5, 0.6) is 5.75 Å². The fourth-order valence-corrected chi connectivity index (χ4v) is 2.35. The van der Waals surface area contributed by atoms with Crippen molar-refractivity contribution in [2.45, 2.75) is 19.8 Å². The van der Waals surface area contributed by atoms with E-state index in [0.717, 1.165) is 5.75 Å². The zero-order valence-corrected chi connectivity index (χ0v) is 14.2. The lowest BCUT2D eigenvalue weighted by molar-refractivity contribution is -0.116. The Hall–Kier alpha value is -3.22. The van der Waals surface area contributed by atoms with Gasteiger partial charge in [-0.2, -0.15) is 4.98 Å². The van der Waals surface area contributed by atoms with Crippen LogP contribution < -0.4 is 10.1 Å². The van der Waals surface area contributed by atoms with E-state index in [1.54, 1.807) is 42.5 Å². The van der Waals surface area contributed by atoms with E-state index in [1.807, 2.05) is 6.92 Å². The maximum Gasteiger partial charge on any atom is 0.227 e. The first-order chi connectivity index (χ1) is 12.7. The standard InChI is InChI=1S/C19H18FN3O3/c1-2-25-14-9-7-13(8-10-14)21-17(24)11-12-18-22-19(23-26-18)15-5-3-4-6-16(15)20/h3-10H,2,11-12H2,1H3,(H,21,24). The smallest absolute Gasteiger partial charge is 0.227 e. The number of rotatable bonds is 7. The summed E-state index contributed by atoms with van der Waals surface area (Å²) in [5.74, 6) is 0.597. The third-order valence-electron chi connectivity index (χ3n) is 3.60. The molecule has 0 aliphatic rings. The number of halogens is 1. The summed E-state index contributed by atoms with van der Waals surface area (Å²) in [4.78, 5) is 16.2. The highest BCUT2D eigenvalue weighted by Crippen LogP contribution is 2.20. The second-order valence-corrected chi connectivity index (χ2v) is 5.50. The summed E-state index contributed by atoms with van der Waals surface area (Å²) in [6, 6.07) is 13.3. The van der Waals surface area contributed by atoms with Crippen molar-refractivity contribution in [2.75, 3.05) is 11.9 Å². The van der Waals surface area contributed by atoms with Gasteiger partial charge in [0.2, 0.25) is 17.6 Å². The van der Waals surface area contributed by atoms with E-state index in [1.165, 1.54) is 6.07 Å². The quantitative estimate of drug-likeness (QED) is 0.697. The van der Waals surface area contributed by atoms with Crippen molar-refractivity contribution in [3.05, 3.63) is 60.2 Å². The van der Waals surface area contributed by atoms with Gasteiger partial charge in [-0.3, -0.25) is 4.79 Å². The molecule has 1 aromatic heterocycles. The van der Waals surface area contributed by atoms with Crippen molar-refractivity contribution in [1.29, 1.82) is 0 Å². The molecule has 1 amide bonds. The lowest BCUT2D eigenvalue weighted by Gasteiger charge is -2.06. The molecule has 1 N–H and O–H groups in total. The van der Waals surface area contributed by atoms with Gasteiger partial charge in [0.15, 0.2) is 0 Å². The van der Waals surface area contributed by atoms with E-state index >= 15 is 0 Å². The number of carbonyl (C=O) groups excluding carboxylic acids is 1. The summed E-state index contributed by atoms with van der Waals surface area (Å²) in [7, 11) is 0. The molecule has 0 fully saturated rings. The monoisotopic (exact) mass is 355 g/mol. The minimum absolute atomic E-state index is 0.171. The third kappa shape index (κ3) is 4.44. The number of aryl methyl sites for hydroxylation is 1. The molecule has 0 unspecified atom stereocenters. The highest BCUT2D eigenvalue weighted by Gasteiger charge is 2.13. The van der Waals surface area contributed by atoms with E-state index in [0.29, 0.717) is 12.3 Å². The van der Waals surface area contributed by atoms with Crippen molar-refractivity contribution >= 4 is 11.6 Å². The summed E-state index contributed by atoms with van der Waals surface area (Å²) in [6.07, 6.45) is 0.441. The molecule has 3 aromatic rings. The summed E-state index contributed by atoms with van der Waals surface area (Å²) >= 11 is 0. The number of carbonyl (C=O) groups is 1. The zero-order chi connectivity index (χ0) is 18.4. The van der Waals surface area contributed by atoms with Crippen LogP contribution in [0.15, 0.2) is 53.1 Å². The Morgan fingerprint density at radius 2 is 1.96 bits per heavy atom. The molecule has 7 heteroatoms. The summed E-state index contributed by atoms with van der Waals surface area (Å²) in [6.45, 7) is 2.50. The molecule has 2 aromatic carbocycles. The molecule has 0 saturated heterocycles. The molecule has 0 radical (unpaired) electrons. The maximum atomic E-state index is 13.7. The minimum atomic E-state index is -0.423. The number of hydrogen-bond donors (Lipinski definition) is 1. The average molecular weight is 355 g/mol. The van der Waals surface area contributed by atoms with Crippen LogP contribution in [0.4, 0.5) is 10.1 Å². The Morgan fingerprint density at radius 3 is 2.69 bits per heavy atom. The van der Waals surface area contributed by atoms with Gasteiger partial charge in [0.1, 0.15) is 11.6 Å². The first kappa shape index (κ1) is 17.6. The fourth-order valence-electron chi connectivity index (χ4n) is 2.35. The molecule has 1 heterocycles. The van der Waals surface area contributed by atoms with Crippen LogP contribution in [-0.2, 0) is 11.2 Å². The molecular formula is C19H18FN3O3. The van der Waals surface area contributed by atoms with Crippen LogP contribution in [0.25, 0.3) is 11.4 Å². The Morgan fingerprint density at radius 1 is 1.19 bits per heavy atom. The average Bonchev–Trinajstić information content (AvgIpc) is 3.11. The van der Waals surface area contributed by atoms with Crippen LogP contribution in [0.2, 0.25) is 0 Å². The summed E-state index contributed by atoms with van der Waals surface area (Å²) < 4.78 is 24.2. The normalized spacial score (nSPS) is 10.5. The van der Waals surface area contributed by atoms with Crippen molar-refractivity contribution in [3.63, 3.8) is 0 Å². The third-order valence-corrected chi connectivity index (χ3v) is 3.60. The van der Waals surface area contributed by atoms with Crippen LogP contribution in [0.3, 0.4) is 0 Å². The first-order valence-electron chi connectivity index (χ1n) is 8.26. The van der Waals surface area contributed by atoms with Crippen molar-refractivity contribution < 1.29 is 18.4 Å². The molecule has 0 saturated carbocycles. The van der Waals surface area contributed by atoms with Gasteiger partial charge in [0.05, 0.1) is 12.2 Å². The Bertz CT molecular complexity index is 878. The van der Waals surface area contributed by atoms with Gasteiger partial charge in [-0.1, -0.05) is 17.3 Å². The van der Waals surface area contributed by atoms with E-state index < -0.39 is 5.82 Å². The summed E-state index contributed by atoms with van der Waals surface area (Å²) in [5.41, 5.74) is 0.942. The van der Waals surface area contributed by atoms with Crippen molar-refractivity contribution in [2.24, 2.45) is 0 Å². The van der Waals surface area contributed by atoms with Crippen molar-refractivity contribution in [1.82, 2.24) is 10.1 Å². The van der Waals surface area contributed by atoms with Gasteiger partial charge in [0.25, 0.3) is 0 Å². The molecular weight excluding hydrogens is 337 g/mol. The Balaban J connectivity index is 1.54. The van der Waals surface area contributed by atoms with Crippen molar-refractivity contribution in [3.8, 4) is 17.1 Å². The van der Waals surface area contributed by atoms with Crippen LogP contribution in [0.1, 0.15) is 19.2 Å². The molecule has 3 rings (SSSR count). The Labute approximate surface area is 150 Å². The van der Waals surface area contributed by atoms with E-state index in [2.05, 4.69) is 15.5 Å². The van der Waals surface area contributed by atoms with Gasteiger partial charge >= 0.3 is 0 Å². The molecule has 6 nitrogen and oxygen atoms in total. The number of nitrogens with one attached hydrogen (secondary N) is 1. The number of nitrogens with zero attached hydrogens (tertiary/aromatic N) is 2. The van der Waals surface area contributed by atoms with E-state index in [9.17, 15) is 9.18 Å². The number of amides is 1. The second kappa shape index (κ2) is 8.24. The zero-order valence-electron chi connectivity index (χ0n) is 14.2. The minimum Gasteiger partial charge on any atom is -0.494 e. The Kier molecular flexibility index (Phi) is 5.58. The molecule has 0 bridgehead atoms. The number of anilines is 1. The molecule has 0 aliphatic heterocycles. The van der Waals surface area contributed by atoms with Crippen LogP contribution in [0, 0.1) is 5.82 Å². The second-order valence-electron chi connectivity index (χ2n) is 5.50. The predicted octanol–water partition coefficient (Wildman–Crippen LogP) is 3.85.